The van der Waals surface area contributed by atoms with Crippen molar-refractivity contribution in [2.75, 3.05) is 13.1 Å². The number of rotatable bonds is 0. The van der Waals surface area contributed by atoms with Gasteiger partial charge in [-0.1, -0.05) is 5.92 Å². The summed E-state index contributed by atoms with van der Waals surface area (Å²) in [5, 5.41) is 0. The molecule has 1 saturated heterocycles. The number of nitrogens with zero attached hydrogens (tertiary/aromatic N) is 2. The number of hydrogen-bond donors (Lipinski definition) is 0. The molecule has 1 aromatic rings. The van der Waals surface area contributed by atoms with E-state index in [2.05, 4.69) is 33.7 Å². The molecule has 0 bridgehead atoms. The van der Waals surface area contributed by atoms with Crippen molar-refractivity contribution in [2.24, 2.45) is 0 Å². The second-order valence-corrected chi connectivity index (χ2v) is 3.78. The fourth-order valence-corrected chi connectivity index (χ4v) is 1.65. The van der Waals surface area contributed by atoms with Gasteiger partial charge in [0, 0.05) is 43.0 Å². The van der Waals surface area contributed by atoms with Crippen LogP contribution in [0.4, 0.5) is 0 Å². The predicted octanol–water partition coefficient (Wildman–Crippen LogP) is 1.88. The lowest BCUT2D eigenvalue weighted by molar-refractivity contribution is 0.327. The number of piperidine rings is 1. The van der Waals surface area contributed by atoms with Gasteiger partial charge >= 0.3 is 0 Å². The highest BCUT2D eigenvalue weighted by Gasteiger charge is 2.04. The van der Waals surface area contributed by atoms with Crippen molar-refractivity contribution in [3.05, 3.63) is 30.1 Å². The van der Waals surface area contributed by atoms with Crippen LogP contribution >= 0.6 is 0 Å². The maximum absolute atomic E-state index is 3.99. The first-order valence-corrected chi connectivity index (χ1v) is 5.62. The van der Waals surface area contributed by atoms with Crippen LogP contribution < -0.4 is 0 Å². The van der Waals surface area contributed by atoms with Gasteiger partial charge < -0.3 is 4.90 Å². The summed E-state index contributed by atoms with van der Waals surface area (Å²) < 4.78 is 0. The van der Waals surface area contributed by atoms with Crippen molar-refractivity contribution in [2.45, 2.75) is 19.3 Å². The van der Waals surface area contributed by atoms with Crippen LogP contribution in [0.3, 0.4) is 0 Å². The van der Waals surface area contributed by atoms with Gasteiger partial charge in [0.25, 0.3) is 0 Å². The molecule has 2 nitrogen and oxygen atoms in total. The lowest BCUT2D eigenvalue weighted by Crippen LogP contribution is -2.24. The van der Waals surface area contributed by atoms with E-state index in [1.807, 2.05) is 12.1 Å². The number of pyridine rings is 1. The Morgan fingerprint density at radius 2 is 2.00 bits per heavy atom. The summed E-state index contributed by atoms with van der Waals surface area (Å²) in [6.07, 6.45) is 7.33. The van der Waals surface area contributed by atoms with Crippen LogP contribution in [0.2, 0.25) is 0 Å². The minimum absolute atomic E-state index is 0.912. The Hall–Kier alpha value is -1.93. The van der Waals surface area contributed by atoms with Crippen LogP contribution in [0.25, 0.3) is 0 Å². The highest BCUT2D eigenvalue weighted by atomic mass is 15.1. The average molecular weight is 210 g/mol. The Morgan fingerprint density at radius 1 is 1.12 bits per heavy atom. The predicted molar refractivity (Wildman–Crippen MR) is 64.3 cm³/mol. The molecule has 1 aliphatic rings. The van der Waals surface area contributed by atoms with E-state index in [1.54, 1.807) is 12.4 Å². The monoisotopic (exact) mass is 210 g/mol. The molecule has 0 radical (unpaired) electrons. The first kappa shape index (κ1) is 10.6. The quantitative estimate of drug-likeness (QED) is 0.608. The van der Waals surface area contributed by atoms with Crippen molar-refractivity contribution in [3.8, 4) is 23.8 Å². The Balaban J connectivity index is 1.91. The second-order valence-electron chi connectivity index (χ2n) is 3.78. The zero-order valence-corrected chi connectivity index (χ0v) is 9.24. The van der Waals surface area contributed by atoms with E-state index >= 15 is 0 Å². The summed E-state index contributed by atoms with van der Waals surface area (Å²) in [7, 11) is 0. The zero-order chi connectivity index (χ0) is 11.1. The van der Waals surface area contributed by atoms with Crippen molar-refractivity contribution < 1.29 is 0 Å². The SMILES string of the molecule is C(C#CN1CCCCC1)#Cc1cccnc1. The van der Waals surface area contributed by atoms with Crippen molar-refractivity contribution in [3.63, 3.8) is 0 Å². The lowest BCUT2D eigenvalue weighted by Gasteiger charge is -2.21. The first-order valence-electron chi connectivity index (χ1n) is 5.62. The van der Waals surface area contributed by atoms with E-state index in [0.29, 0.717) is 0 Å². The smallest absolute Gasteiger partial charge is 0.0439 e. The maximum Gasteiger partial charge on any atom is 0.0439 e. The molecule has 2 rings (SSSR count). The molecule has 0 N–H and O–H groups in total. The molecule has 0 spiro atoms. The molecule has 2 heterocycles. The van der Waals surface area contributed by atoms with Gasteiger partial charge in [0.05, 0.1) is 0 Å². The molecule has 1 aliphatic heterocycles. The standard InChI is InChI=1S/C14H14N2/c1-3-10-16(11-4-1)12-5-2-7-14-8-6-9-15-13-14/h6,8-9,13H,1,3-4,10-11H2. The molecule has 0 unspecified atom stereocenters. The Bertz CT molecular complexity index is 436. The van der Waals surface area contributed by atoms with Crippen molar-refractivity contribution >= 4 is 0 Å². The largest absolute Gasteiger partial charge is 0.332 e. The fourth-order valence-electron chi connectivity index (χ4n) is 1.65. The molecule has 0 aromatic carbocycles. The molecule has 1 aromatic heterocycles. The van der Waals surface area contributed by atoms with Gasteiger partial charge in [-0.15, -0.1) is 0 Å². The third-order valence-corrected chi connectivity index (χ3v) is 2.50. The van der Waals surface area contributed by atoms with Gasteiger partial charge in [-0.25, -0.2) is 0 Å². The van der Waals surface area contributed by atoms with Crippen LogP contribution in [0, 0.1) is 23.8 Å². The van der Waals surface area contributed by atoms with Crippen LogP contribution in [0.5, 0.6) is 0 Å². The molecule has 80 valence electrons. The molecule has 0 saturated carbocycles. The van der Waals surface area contributed by atoms with Crippen molar-refractivity contribution in [1.29, 1.82) is 0 Å². The maximum atomic E-state index is 3.99. The highest BCUT2D eigenvalue weighted by Crippen LogP contribution is 2.06. The fraction of sp³-hybridized carbons (Fsp3) is 0.357. The van der Waals surface area contributed by atoms with E-state index in [-0.39, 0.29) is 0 Å². The Morgan fingerprint density at radius 3 is 2.75 bits per heavy atom. The van der Waals surface area contributed by atoms with E-state index in [1.165, 1.54) is 19.3 Å². The molecular formula is C14H14N2. The van der Waals surface area contributed by atoms with Gasteiger partial charge in [0.15, 0.2) is 0 Å². The molecule has 0 atom stereocenters. The van der Waals surface area contributed by atoms with Gasteiger partial charge in [-0.3, -0.25) is 4.98 Å². The van der Waals surface area contributed by atoms with Gasteiger partial charge in [0.1, 0.15) is 0 Å². The molecule has 0 aliphatic carbocycles. The summed E-state index contributed by atoms with van der Waals surface area (Å²) in [6, 6.07) is 6.89. The topological polar surface area (TPSA) is 16.1 Å². The number of hydrogen-bond acceptors (Lipinski definition) is 2. The van der Waals surface area contributed by atoms with Gasteiger partial charge in [-0.2, -0.15) is 0 Å². The first-order chi connectivity index (χ1) is 7.95. The van der Waals surface area contributed by atoms with Crippen LogP contribution in [0.1, 0.15) is 24.8 Å². The van der Waals surface area contributed by atoms with E-state index < -0.39 is 0 Å². The van der Waals surface area contributed by atoms with Crippen molar-refractivity contribution in [1.82, 2.24) is 9.88 Å². The Kier molecular flexibility index (Phi) is 3.86. The molecule has 0 amide bonds. The third kappa shape index (κ3) is 3.33. The minimum Gasteiger partial charge on any atom is -0.332 e. The molecule has 1 fully saturated rings. The van der Waals surface area contributed by atoms with E-state index in [4.69, 9.17) is 0 Å². The molecule has 16 heavy (non-hydrogen) atoms. The zero-order valence-electron chi connectivity index (χ0n) is 9.24. The van der Waals surface area contributed by atoms with E-state index in [0.717, 1.165) is 18.7 Å². The summed E-state index contributed by atoms with van der Waals surface area (Å²) in [4.78, 5) is 6.15. The summed E-state index contributed by atoms with van der Waals surface area (Å²) in [5.41, 5.74) is 0.912. The van der Waals surface area contributed by atoms with Crippen LogP contribution in [0.15, 0.2) is 24.5 Å². The van der Waals surface area contributed by atoms with Gasteiger partial charge in [-0.05, 0) is 37.3 Å². The third-order valence-electron chi connectivity index (χ3n) is 2.50. The normalized spacial score (nSPS) is 14.4. The second kappa shape index (κ2) is 5.83. The lowest BCUT2D eigenvalue weighted by atomic mass is 10.1. The molecule has 2 heteroatoms. The Labute approximate surface area is 96.7 Å². The molecular weight excluding hydrogens is 196 g/mol. The van der Waals surface area contributed by atoms with E-state index in [9.17, 15) is 0 Å². The average Bonchev–Trinajstić information content (AvgIpc) is 2.37. The minimum atomic E-state index is 0.912. The number of aromatic nitrogens is 1. The highest BCUT2D eigenvalue weighted by molar-refractivity contribution is 5.37. The summed E-state index contributed by atoms with van der Waals surface area (Å²) in [6.45, 7) is 2.17. The van der Waals surface area contributed by atoms with Gasteiger partial charge in [0.2, 0.25) is 0 Å². The summed E-state index contributed by atoms with van der Waals surface area (Å²) >= 11 is 0. The summed E-state index contributed by atoms with van der Waals surface area (Å²) in [5.74, 6) is 8.72. The number of likely N-dealkylation sites (tertiary alicyclic amines) is 1. The van der Waals surface area contributed by atoms with Crippen LogP contribution in [-0.4, -0.2) is 23.0 Å². The van der Waals surface area contributed by atoms with Crippen LogP contribution in [-0.2, 0) is 0 Å².